The molecule has 1 fully saturated rings. The molecular weight excluding hydrogens is 437 g/mol. The number of nitrogens with zero attached hydrogens (tertiary/aromatic N) is 2. The smallest absolute Gasteiger partial charge is 0.406 e. The molecule has 0 N–H and O–H groups in total. The standard InChI is InChI=1S/C24H27F3N2O4/c1-4-28(15-24(25,26)27)23(31)20-13-14-21(30)29(17-7-11-19(33-3)12-8-17)22(20)16-5-9-18(32-2)10-6-16/h5-12,20,22H,4,13-15H2,1-3H3. The minimum atomic E-state index is -4.51. The number of piperidine rings is 1. The van der Waals surface area contributed by atoms with Gasteiger partial charge in [0.2, 0.25) is 11.8 Å². The van der Waals surface area contributed by atoms with Gasteiger partial charge in [0.15, 0.2) is 0 Å². The van der Waals surface area contributed by atoms with Crippen molar-refractivity contribution in [3.63, 3.8) is 0 Å². The highest BCUT2D eigenvalue weighted by Crippen LogP contribution is 2.41. The van der Waals surface area contributed by atoms with Gasteiger partial charge in [0, 0.05) is 18.7 Å². The molecule has 1 aliphatic heterocycles. The fourth-order valence-electron chi connectivity index (χ4n) is 4.18. The molecule has 6 nitrogen and oxygen atoms in total. The normalized spacial score (nSPS) is 18.7. The third-order valence-electron chi connectivity index (χ3n) is 5.79. The van der Waals surface area contributed by atoms with E-state index < -0.39 is 30.6 Å². The predicted octanol–water partition coefficient (Wildman–Crippen LogP) is 4.60. The number of ether oxygens (including phenoxy) is 2. The van der Waals surface area contributed by atoms with Gasteiger partial charge in [0.25, 0.3) is 0 Å². The molecule has 0 aromatic heterocycles. The van der Waals surface area contributed by atoms with E-state index in [9.17, 15) is 22.8 Å². The van der Waals surface area contributed by atoms with Gasteiger partial charge in [-0.15, -0.1) is 0 Å². The van der Waals surface area contributed by atoms with E-state index in [1.165, 1.54) is 26.0 Å². The maximum absolute atomic E-state index is 13.3. The summed E-state index contributed by atoms with van der Waals surface area (Å²) in [5.41, 5.74) is 1.18. The van der Waals surface area contributed by atoms with E-state index >= 15 is 0 Å². The molecule has 33 heavy (non-hydrogen) atoms. The van der Waals surface area contributed by atoms with Crippen LogP contribution in [0.2, 0.25) is 0 Å². The van der Waals surface area contributed by atoms with Crippen LogP contribution in [0.5, 0.6) is 11.5 Å². The molecule has 178 valence electrons. The summed E-state index contributed by atoms with van der Waals surface area (Å²) in [6, 6.07) is 12.9. The van der Waals surface area contributed by atoms with Gasteiger partial charge in [-0.05, 0) is 55.3 Å². The first-order valence-electron chi connectivity index (χ1n) is 10.6. The molecule has 0 saturated carbocycles. The van der Waals surface area contributed by atoms with Crippen LogP contribution < -0.4 is 14.4 Å². The van der Waals surface area contributed by atoms with E-state index in [0.29, 0.717) is 22.7 Å². The maximum Gasteiger partial charge on any atom is 0.406 e. The van der Waals surface area contributed by atoms with E-state index in [1.807, 2.05) is 0 Å². The molecule has 2 amide bonds. The summed E-state index contributed by atoms with van der Waals surface area (Å²) in [5, 5.41) is 0. The summed E-state index contributed by atoms with van der Waals surface area (Å²) in [6.07, 6.45) is -4.30. The Kier molecular flexibility index (Phi) is 7.50. The van der Waals surface area contributed by atoms with Crippen LogP contribution >= 0.6 is 0 Å². The first-order chi connectivity index (χ1) is 15.7. The van der Waals surface area contributed by atoms with Gasteiger partial charge in [-0.25, -0.2) is 0 Å². The molecule has 2 atom stereocenters. The minimum absolute atomic E-state index is 0.0542. The number of benzene rings is 2. The van der Waals surface area contributed by atoms with Gasteiger partial charge >= 0.3 is 6.18 Å². The van der Waals surface area contributed by atoms with Crippen molar-refractivity contribution in [3.05, 3.63) is 54.1 Å². The number of alkyl halides is 3. The average Bonchev–Trinajstić information content (AvgIpc) is 2.81. The SMILES string of the molecule is CCN(CC(F)(F)F)C(=O)C1CCC(=O)N(c2ccc(OC)cc2)C1c1ccc(OC)cc1. The number of anilines is 1. The van der Waals surface area contributed by atoms with Gasteiger partial charge in [-0.1, -0.05) is 12.1 Å². The number of rotatable bonds is 7. The Morgan fingerprint density at radius 2 is 1.58 bits per heavy atom. The van der Waals surface area contributed by atoms with Crippen molar-refractivity contribution in [1.82, 2.24) is 4.90 Å². The predicted molar refractivity (Wildman–Crippen MR) is 117 cm³/mol. The van der Waals surface area contributed by atoms with Gasteiger partial charge in [-0.3, -0.25) is 9.59 Å². The van der Waals surface area contributed by atoms with E-state index in [2.05, 4.69) is 0 Å². The van der Waals surface area contributed by atoms with Crippen LogP contribution in [0.4, 0.5) is 18.9 Å². The van der Waals surface area contributed by atoms with E-state index in [-0.39, 0.29) is 25.3 Å². The number of carbonyl (C=O) groups is 2. The van der Waals surface area contributed by atoms with E-state index in [4.69, 9.17) is 9.47 Å². The third kappa shape index (κ3) is 5.58. The van der Waals surface area contributed by atoms with Gasteiger partial charge in [0.05, 0.1) is 26.2 Å². The lowest BCUT2D eigenvalue weighted by Gasteiger charge is -2.42. The number of halogens is 3. The molecule has 1 saturated heterocycles. The summed E-state index contributed by atoms with van der Waals surface area (Å²) in [7, 11) is 3.04. The first-order valence-corrected chi connectivity index (χ1v) is 10.6. The molecule has 1 aliphatic rings. The van der Waals surface area contributed by atoms with E-state index in [0.717, 1.165) is 4.90 Å². The second-order valence-electron chi connectivity index (χ2n) is 7.79. The molecule has 3 rings (SSSR count). The lowest BCUT2D eigenvalue weighted by atomic mass is 9.82. The van der Waals surface area contributed by atoms with Gasteiger partial charge in [0.1, 0.15) is 18.0 Å². The number of hydrogen-bond acceptors (Lipinski definition) is 4. The Morgan fingerprint density at radius 3 is 2.06 bits per heavy atom. The van der Waals surface area contributed by atoms with E-state index in [1.54, 1.807) is 48.5 Å². The van der Waals surface area contributed by atoms with Crippen LogP contribution in [0.15, 0.2) is 48.5 Å². The highest BCUT2D eigenvalue weighted by atomic mass is 19.4. The van der Waals surface area contributed by atoms with Crippen LogP contribution in [-0.4, -0.2) is 50.2 Å². The zero-order chi connectivity index (χ0) is 24.2. The summed E-state index contributed by atoms with van der Waals surface area (Å²) >= 11 is 0. The summed E-state index contributed by atoms with van der Waals surface area (Å²) in [4.78, 5) is 28.7. The topological polar surface area (TPSA) is 59.1 Å². The average molecular weight is 464 g/mol. The van der Waals surface area contributed by atoms with Crippen molar-refractivity contribution >= 4 is 17.5 Å². The lowest BCUT2D eigenvalue weighted by molar-refractivity contribution is -0.164. The van der Waals surface area contributed by atoms with Crippen LogP contribution in [-0.2, 0) is 9.59 Å². The van der Waals surface area contributed by atoms with Crippen molar-refractivity contribution < 1.29 is 32.2 Å². The zero-order valence-electron chi connectivity index (χ0n) is 18.8. The Balaban J connectivity index is 2.06. The summed E-state index contributed by atoms with van der Waals surface area (Å²) < 4.78 is 49.7. The molecule has 0 radical (unpaired) electrons. The fourth-order valence-corrected chi connectivity index (χ4v) is 4.18. The largest absolute Gasteiger partial charge is 0.497 e. The maximum atomic E-state index is 13.3. The van der Waals surface area contributed by atoms with Crippen molar-refractivity contribution in [2.24, 2.45) is 5.92 Å². The second kappa shape index (κ2) is 10.1. The molecule has 0 bridgehead atoms. The van der Waals surface area contributed by atoms with Crippen molar-refractivity contribution in [2.45, 2.75) is 32.0 Å². The van der Waals surface area contributed by atoms with Crippen molar-refractivity contribution in [2.75, 3.05) is 32.2 Å². The number of methoxy groups -OCH3 is 2. The molecule has 1 heterocycles. The molecule has 0 spiro atoms. The molecule has 2 unspecified atom stereocenters. The molecule has 9 heteroatoms. The number of hydrogen-bond donors (Lipinski definition) is 0. The Morgan fingerprint density at radius 1 is 1.03 bits per heavy atom. The Hall–Kier alpha value is -3.23. The monoisotopic (exact) mass is 464 g/mol. The van der Waals surface area contributed by atoms with Gasteiger partial charge < -0.3 is 19.3 Å². The number of amides is 2. The van der Waals surface area contributed by atoms with Crippen molar-refractivity contribution in [1.29, 1.82) is 0 Å². The van der Waals surface area contributed by atoms with Crippen molar-refractivity contribution in [3.8, 4) is 11.5 Å². The molecule has 0 aliphatic carbocycles. The van der Waals surface area contributed by atoms with Crippen LogP contribution in [0.3, 0.4) is 0 Å². The van der Waals surface area contributed by atoms with Crippen LogP contribution in [0.1, 0.15) is 31.4 Å². The summed E-state index contributed by atoms with van der Waals surface area (Å²) in [6.45, 7) is 0.104. The Labute approximate surface area is 190 Å². The fraction of sp³-hybridized carbons (Fsp3) is 0.417. The number of carbonyl (C=O) groups excluding carboxylic acids is 2. The molecular formula is C24H27F3N2O4. The molecule has 2 aromatic carbocycles. The van der Waals surface area contributed by atoms with Crippen LogP contribution in [0.25, 0.3) is 0 Å². The highest BCUT2D eigenvalue weighted by Gasteiger charge is 2.44. The third-order valence-corrected chi connectivity index (χ3v) is 5.79. The first kappa shape index (κ1) is 24.4. The minimum Gasteiger partial charge on any atom is -0.497 e. The van der Waals surface area contributed by atoms with Gasteiger partial charge in [-0.2, -0.15) is 13.2 Å². The quantitative estimate of drug-likeness (QED) is 0.601. The summed E-state index contributed by atoms with van der Waals surface area (Å²) in [5.74, 6) is -0.475. The second-order valence-corrected chi connectivity index (χ2v) is 7.79. The van der Waals surface area contributed by atoms with Crippen LogP contribution in [0, 0.1) is 5.92 Å². The highest BCUT2D eigenvalue weighted by molar-refractivity contribution is 5.97. The lowest BCUT2D eigenvalue weighted by Crippen LogP contribution is -2.50. The zero-order valence-corrected chi connectivity index (χ0v) is 18.8. The molecule has 2 aromatic rings. The Bertz CT molecular complexity index is 961.